The molecule has 0 aliphatic heterocycles. The minimum atomic E-state index is -0.568. The maximum Gasteiger partial charge on any atom is 0.303 e. The normalized spacial score (nSPS) is 9.07. The van der Waals surface area contributed by atoms with Gasteiger partial charge in [-0.15, -0.1) is 0 Å². The van der Waals surface area contributed by atoms with Crippen LogP contribution in [0.1, 0.15) is 12.5 Å². The molecule has 0 heterocycles. The molecule has 0 aliphatic carbocycles. The summed E-state index contributed by atoms with van der Waals surface area (Å²) in [6, 6.07) is 7.39. The maximum absolute atomic E-state index is 9.11. The first-order valence-corrected chi connectivity index (χ1v) is 5.66. The summed E-state index contributed by atoms with van der Waals surface area (Å²) in [5.74, 6) is 0.403. The maximum atomic E-state index is 9.11. The molecule has 1 N–H and O–H groups in total. The molecule has 3 nitrogen and oxygen atoms in total. The average Bonchev–Trinajstić information content (AvgIpc) is 2.21. The van der Waals surface area contributed by atoms with Crippen LogP contribution in [0.15, 0.2) is 24.3 Å². The summed E-state index contributed by atoms with van der Waals surface area (Å²) in [7, 11) is 2.73. The Hall–Kier alpha value is -0.843. The summed E-state index contributed by atoms with van der Waals surface area (Å²) < 4.78 is 9.22. The lowest BCUT2D eigenvalue weighted by Crippen LogP contribution is -1.93. The SMILES string of the molecule is CCc1ccccc1O.CO[SiH2]OC. The van der Waals surface area contributed by atoms with Crippen LogP contribution in [0.5, 0.6) is 5.75 Å². The van der Waals surface area contributed by atoms with E-state index < -0.39 is 10.0 Å². The third-order valence-electron chi connectivity index (χ3n) is 1.61. The topological polar surface area (TPSA) is 38.7 Å². The third kappa shape index (κ3) is 5.74. The van der Waals surface area contributed by atoms with Crippen molar-refractivity contribution in [3.63, 3.8) is 0 Å². The van der Waals surface area contributed by atoms with Crippen molar-refractivity contribution in [2.45, 2.75) is 13.3 Å². The van der Waals surface area contributed by atoms with E-state index in [2.05, 4.69) is 8.85 Å². The quantitative estimate of drug-likeness (QED) is 0.769. The average molecular weight is 214 g/mol. The zero-order valence-electron chi connectivity index (χ0n) is 8.99. The van der Waals surface area contributed by atoms with Gasteiger partial charge in [0.1, 0.15) is 5.75 Å². The highest BCUT2D eigenvalue weighted by atomic mass is 28.3. The molecule has 0 bridgehead atoms. The zero-order chi connectivity index (χ0) is 10.8. The fraction of sp³-hybridized carbons (Fsp3) is 0.400. The van der Waals surface area contributed by atoms with Crippen LogP contribution >= 0.6 is 0 Å². The minimum absolute atomic E-state index is 0.403. The summed E-state index contributed by atoms with van der Waals surface area (Å²) >= 11 is 0. The molecule has 0 aromatic heterocycles. The van der Waals surface area contributed by atoms with Crippen LogP contribution in [0.3, 0.4) is 0 Å². The Labute approximate surface area is 87.7 Å². The number of para-hydroxylation sites is 1. The van der Waals surface area contributed by atoms with Crippen molar-refractivity contribution in [2.75, 3.05) is 14.2 Å². The van der Waals surface area contributed by atoms with Crippen LogP contribution in [0.2, 0.25) is 0 Å². The number of aromatic hydroxyl groups is 1. The lowest BCUT2D eigenvalue weighted by Gasteiger charge is -1.97. The number of benzene rings is 1. The van der Waals surface area contributed by atoms with Crippen molar-refractivity contribution in [3.05, 3.63) is 29.8 Å². The van der Waals surface area contributed by atoms with Gasteiger partial charge in [-0.05, 0) is 18.1 Å². The van der Waals surface area contributed by atoms with Crippen molar-refractivity contribution in [1.29, 1.82) is 0 Å². The Morgan fingerprint density at radius 1 is 1.21 bits per heavy atom. The van der Waals surface area contributed by atoms with E-state index in [0.29, 0.717) is 5.75 Å². The molecule has 4 heteroatoms. The first kappa shape index (κ1) is 13.2. The van der Waals surface area contributed by atoms with Gasteiger partial charge in [0.05, 0.1) is 0 Å². The summed E-state index contributed by atoms with van der Waals surface area (Å²) in [5.41, 5.74) is 1.01. The van der Waals surface area contributed by atoms with Crippen molar-refractivity contribution < 1.29 is 14.0 Å². The number of phenolic OH excluding ortho intramolecular Hbond substituents is 1. The van der Waals surface area contributed by atoms with Gasteiger partial charge in [0.15, 0.2) is 0 Å². The second kappa shape index (κ2) is 8.74. The highest BCUT2D eigenvalue weighted by Crippen LogP contribution is 2.14. The van der Waals surface area contributed by atoms with Crippen molar-refractivity contribution in [2.24, 2.45) is 0 Å². The number of hydrogen-bond acceptors (Lipinski definition) is 3. The van der Waals surface area contributed by atoms with Gasteiger partial charge in [-0.2, -0.15) is 0 Å². The first-order chi connectivity index (χ1) is 6.76. The Balaban J connectivity index is 0.000000292. The van der Waals surface area contributed by atoms with E-state index in [-0.39, 0.29) is 0 Å². The van der Waals surface area contributed by atoms with Crippen molar-refractivity contribution in [1.82, 2.24) is 0 Å². The molecule has 0 unspecified atom stereocenters. The molecule has 0 aliphatic rings. The summed E-state index contributed by atoms with van der Waals surface area (Å²) in [4.78, 5) is 0. The molecule has 1 rings (SSSR count). The van der Waals surface area contributed by atoms with Crippen LogP contribution in [0.4, 0.5) is 0 Å². The van der Waals surface area contributed by atoms with Crippen LogP contribution in [0.25, 0.3) is 0 Å². The highest BCUT2D eigenvalue weighted by molar-refractivity contribution is 6.17. The van der Waals surface area contributed by atoms with Gasteiger partial charge >= 0.3 is 10.0 Å². The van der Waals surface area contributed by atoms with E-state index in [0.717, 1.165) is 12.0 Å². The minimum Gasteiger partial charge on any atom is -0.508 e. The molecule has 1 aromatic rings. The fourth-order valence-electron chi connectivity index (χ4n) is 0.928. The Bertz CT molecular complexity index is 239. The molecule has 0 radical (unpaired) electrons. The predicted octanol–water partition coefficient (Wildman–Crippen LogP) is 1.23. The smallest absolute Gasteiger partial charge is 0.303 e. The second-order valence-corrected chi connectivity index (χ2v) is 4.07. The lowest BCUT2D eigenvalue weighted by atomic mass is 10.1. The van der Waals surface area contributed by atoms with Gasteiger partial charge in [0.2, 0.25) is 0 Å². The summed E-state index contributed by atoms with van der Waals surface area (Å²) in [6.45, 7) is 2.02. The Kier molecular flexibility index (Phi) is 8.22. The highest BCUT2D eigenvalue weighted by Gasteiger charge is 1.92. The molecule has 14 heavy (non-hydrogen) atoms. The second-order valence-electron chi connectivity index (χ2n) is 2.68. The van der Waals surface area contributed by atoms with E-state index in [4.69, 9.17) is 5.11 Å². The van der Waals surface area contributed by atoms with Crippen LogP contribution in [0, 0.1) is 0 Å². The number of hydrogen-bond donors (Lipinski definition) is 1. The summed E-state index contributed by atoms with van der Waals surface area (Å²) in [6.07, 6.45) is 0.896. The number of rotatable bonds is 3. The molecule has 0 amide bonds. The number of phenols is 1. The standard InChI is InChI=1S/C8H10O.C2H8O2Si/c1-2-7-5-3-4-6-8(7)9;1-3-5-4-2/h3-6,9H,2H2,1H3;5H2,1-2H3. The molecule has 0 saturated heterocycles. The molecule has 0 fully saturated rings. The lowest BCUT2D eigenvalue weighted by molar-refractivity contribution is 0.309. The van der Waals surface area contributed by atoms with E-state index >= 15 is 0 Å². The predicted molar refractivity (Wildman–Crippen MR) is 60.0 cm³/mol. The van der Waals surface area contributed by atoms with Gasteiger partial charge in [0.25, 0.3) is 0 Å². The number of aryl methyl sites for hydroxylation is 1. The van der Waals surface area contributed by atoms with Crippen molar-refractivity contribution >= 4 is 10.0 Å². The summed E-state index contributed by atoms with van der Waals surface area (Å²) in [5, 5.41) is 9.11. The Morgan fingerprint density at radius 2 is 1.79 bits per heavy atom. The molecule has 1 aromatic carbocycles. The molecule has 0 saturated carbocycles. The van der Waals surface area contributed by atoms with Crippen LogP contribution in [-0.2, 0) is 15.3 Å². The van der Waals surface area contributed by atoms with Crippen LogP contribution < -0.4 is 0 Å². The van der Waals surface area contributed by atoms with Crippen LogP contribution in [-0.4, -0.2) is 29.3 Å². The van der Waals surface area contributed by atoms with E-state index in [1.165, 1.54) is 0 Å². The molecule has 80 valence electrons. The first-order valence-electron chi connectivity index (χ1n) is 4.51. The van der Waals surface area contributed by atoms with Gasteiger partial charge in [-0.1, -0.05) is 25.1 Å². The fourth-order valence-corrected chi connectivity index (χ4v) is 1.16. The van der Waals surface area contributed by atoms with E-state index in [1.807, 2.05) is 25.1 Å². The molecule has 0 spiro atoms. The van der Waals surface area contributed by atoms with Gasteiger partial charge in [-0.3, -0.25) is 0 Å². The van der Waals surface area contributed by atoms with Gasteiger partial charge in [-0.25, -0.2) is 0 Å². The Morgan fingerprint density at radius 3 is 2.07 bits per heavy atom. The largest absolute Gasteiger partial charge is 0.508 e. The zero-order valence-corrected chi connectivity index (χ0v) is 10.4. The van der Waals surface area contributed by atoms with Crippen molar-refractivity contribution in [3.8, 4) is 5.75 Å². The van der Waals surface area contributed by atoms with Gasteiger partial charge in [0, 0.05) is 14.2 Å². The molecular formula is C10H18O3Si. The molecule has 0 atom stereocenters. The third-order valence-corrected chi connectivity index (χ3v) is 2.08. The van der Waals surface area contributed by atoms with E-state index in [1.54, 1.807) is 20.3 Å². The molecular weight excluding hydrogens is 196 g/mol. The van der Waals surface area contributed by atoms with E-state index in [9.17, 15) is 0 Å². The van der Waals surface area contributed by atoms with Gasteiger partial charge < -0.3 is 14.0 Å². The monoisotopic (exact) mass is 214 g/mol.